The molecule has 0 radical (unpaired) electrons. The van der Waals surface area contributed by atoms with Gasteiger partial charge in [-0.05, 0) is 43.9 Å². The predicted molar refractivity (Wildman–Crippen MR) is 64.4 cm³/mol. The molecular weight excluding hydrogens is 208 g/mol. The van der Waals surface area contributed by atoms with Crippen LogP contribution in [0.15, 0.2) is 0 Å². The van der Waals surface area contributed by atoms with Crippen molar-refractivity contribution >= 4 is 11.6 Å². The molecule has 0 amide bonds. The van der Waals surface area contributed by atoms with Gasteiger partial charge in [-0.25, -0.2) is 0 Å². The molecule has 0 N–H and O–H groups in total. The number of hydrogen-bond acceptors (Lipinski definition) is 1. The number of rotatable bonds is 4. The standard InChI is InChI=1S/C13H23ClO/c14-11-13(7-2-1-3-8-13)9-6-12-5-4-10-15-12/h12H,1-11H2. The molecule has 1 heterocycles. The third-order valence-corrected chi connectivity index (χ3v) is 4.79. The molecule has 2 heteroatoms. The Hall–Kier alpha value is 0.250. The average molecular weight is 231 g/mol. The quantitative estimate of drug-likeness (QED) is 0.660. The summed E-state index contributed by atoms with van der Waals surface area (Å²) in [7, 11) is 0. The monoisotopic (exact) mass is 230 g/mol. The first kappa shape index (κ1) is 11.7. The molecule has 0 bridgehead atoms. The maximum Gasteiger partial charge on any atom is 0.0576 e. The normalized spacial score (nSPS) is 30.6. The largest absolute Gasteiger partial charge is 0.378 e. The number of ether oxygens (including phenoxy) is 1. The molecule has 0 spiro atoms. The lowest BCUT2D eigenvalue weighted by Gasteiger charge is -2.36. The topological polar surface area (TPSA) is 9.23 Å². The van der Waals surface area contributed by atoms with E-state index in [1.807, 2.05) is 0 Å². The molecule has 15 heavy (non-hydrogen) atoms. The lowest BCUT2D eigenvalue weighted by atomic mass is 9.72. The Labute approximate surface area is 98.5 Å². The summed E-state index contributed by atoms with van der Waals surface area (Å²) in [5.41, 5.74) is 0.464. The first-order valence-electron chi connectivity index (χ1n) is 6.52. The molecule has 2 rings (SSSR count). The van der Waals surface area contributed by atoms with E-state index in [0.717, 1.165) is 12.5 Å². The van der Waals surface area contributed by atoms with Crippen LogP contribution in [0.3, 0.4) is 0 Å². The molecule has 0 aromatic carbocycles. The van der Waals surface area contributed by atoms with Crippen LogP contribution in [0.5, 0.6) is 0 Å². The highest BCUT2D eigenvalue weighted by molar-refractivity contribution is 6.18. The van der Waals surface area contributed by atoms with Gasteiger partial charge in [-0.3, -0.25) is 0 Å². The predicted octanol–water partition coefficient (Wildman–Crippen LogP) is 4.13. The van der Waals surface area contributed by atoms with Crippen molar-refractivity contribution in [3.63, 3.8) is 0 Å². The fourth-order valence-corrected chi connectivity index (χ4v) is 3.49. The van der Waals surface area contributed by atoms with E-state index < -0.39 is 0 Å². The minimum Gasteiger partial charge on any atom is -0.378 e. The van der Waals surface area contributed by atoms with E-state index in [1.54, 1.807) is 0 Å². The Morgan fingerprint density at radius 2 is 1.93 bits per heavy atom. The van der Waals surface area contributed by atoms with E-state index in [0.29, 0.717) is 11.5 Å². The van der Waals surface area contributed by atoms with Gasteiger partial charge < -0.3 is 4.74 Å². The van der Waals surface area contributed by atoms with Crippen LogP contribution in [0.1, 0.15) is 57.8 Å². The van der Waals surface area contributed by atoms with Crippen LogP contribution >= 0.6 is 11.6 Å². The molecule has 88 valence electrons. The van der Waals surface area contributed by atoms with Crippen LogP contribution < -0.4 is 0 Å². The van der Waals surface area contributed by atoms with Crippen molar-refractivity contribution in [2.75, 3.05) is 12.5 Å². The summed E-state index contributed by atoms with van der Waals surface area (Å²) >= 11 is 6.18. The summed E-state index contributed by atoms with van der Waals surface area (Å²) < 4.78 is 5.69. The Kier molecular flexibility index (Phi) is 4.33. The van der Waals surface area contributed by atoms with Crippen LogP contribution in [0, 0.1) is 5.41 Å². The fraction of sp³-hybridized carbons (Fsp3) is 1.00. The molecule has 1 saturated carbocycles. The smallest absolute Gasteiger partial charge is 0.0576 e. The van der Waals surface area contributed by atoms with Gasteiger partial charge >= 0.3 is 0 Å². The van der Waals surface area contributed by atoms with E-state index in [-0.39, 0.29) is 0 Å². The highest BCUT2D eigenvalue weighted by Crippen LogP contribution is 2.42. The zero-order chi connectivity index (χ0) is 10.6. The molecule has 1 aliphatic carbocycles. The van der Waals surface area contributed by atoms with Crippen molar-refractivity contribution in [1.82, 2.24) is 0 Å². The third-order valence-electron chi connectivity index (χ3n) is 4.22. The Morgan fingerprint density at radius 1 is 1.13 bits per heavy atom. The van der Waals surface area contributed by atoms with E-state index in [2.05, 4.69) is 0 Å². The maximum atomic E-state index is 6.18. The van der Waals surface area contributed by atoms with Gasteiger partial charge in [-0.15, -0.1) is 11.6 Å². The van der Waals surface area contributed by atoms with Crippen LogP contribution in [-0.4, -0.2) is 18.6 Å². The highest BCUT2D eigenvalue weighted by Gasteiger charge is 2.32. The van der Waals surface area contributed by atoms with Gasteiger partial charge in [-0.1, -0.05) is 19.3 Å². The van der Waals surface area contributed by atoms with Gasteiger partial charge in [0.25, 0.3) is 0 Å². The van der Waals surface area contributed by atoms with Gasteiger partial charge in [0.2, 0.25) is 0 Å². The molecular formula is C13H23ClO. The van der Waals surface area contributed by atoms with Gasteiger partial charge in [0.15, 0.2) is 0 Å². The zero-order valence-electron chi connectivity index (χ0n) is 9.64. The minimum absolute atomic E-state index is 0.464. The van der Waals surface area contributed by atoms with Crippen molar-refractivity contribution < 1.29 is 4.74 Å². The van der Waals surface area contributed by atoms with Crippen LogP contribution in [0.4, 0.5) is 0 Å². The van der Waals surface area contributed by atoms with E-state index >= 15 is 0 Å². The molecule has 0 aromatic rings. The van der Waals surface area contributed by atoms with E-state index in [4.69, 9.17) is 16.3 Å². The maximum absolute atomic E-state index is 6.18. The second-order valence-electron chi connectivity index (χ2n) is 5.37. The van der Waals surface area contributed by atoms with Gasteiger partial charge in [0, 0.05) is 12.5 Å². The van der Waals surface area contributed by atoms with Gasteiger partial charge in [-0.2, -0.15) is 0 Å². The SMILES string of the molecule is ClCC1(CCC2CCCO2)CCCCC1. The lowest BCUT2D eigenvalue weighted by Crippen LogP contribution is -2.27. The summed E-state index contributed by atoms with van der Waals surface area (Å²) in [6.07, 6.45) is 12.5. The van der Waals surface area contributed by atoms with Gasteiger partial charge in [0.05, 0.1) is 6.10 Å². The first-order valence-corrected chi connectivity index (χ1v) is 7.06. The number of hydrogen-bond donors (Lipinski definition) is 0. The Morgan fingerprint density at radius 3 is 2.53 bits per heavy atom. The number of halogens is 1. The lowest BCUT2D eigenvalue weighted by molar-refractivity contribution is 0.0825. The molecule has 1 unspecified atom stereocenters. The van der Waals surface area contributed by atoms with Crippen molar-refractivity contribution in [2.24, 2.45) is 5.41 Å². The van der Waals surface area contributed by atoms with Crippen LogP contribution in [0.25, 0.3) is 0 Å². The Balaban J connectivity index is 1.78. The van der Waals surface area contributed by atoms with Crippen molar-refractivity contribution in [3.05, 3.63) is 0 Å². The summed E-state index contributed by atoms with van der Waals surface area (Å²) in [6.45, 7) is 0.985. The summed E-state index contributed by atoms with van der Waals surface area (Å²) in [5.74, 6) is 0.861. The molecule has 1 nitrogen and oxygen atoms in total. The molecule has 1 atom stereocenters. The highest BCUT2D eigenvalue weighted by atomic mass is 35.5. The fourth-order valence-electron chi connectivity index (χ4n) is 3.09. The first-order chi connectivity index (χ1) is 7.35. The molecule has 2 fully saturated rings. The zero-order valence-corrected chi connectivity index (χ0v) is 10.4. The third kappa shape index (κ3) is 3.10. The Bertz CT molecular complexity index is 181. The van der Waals surface area contributed by atoms with Crippen molar-refractivity contribution in [1.29, 1.82) is 0 Å². The second kappa shape index (κ2) is 5.54. The van der Waals surface area contributed by atoms with Crippen LogP contribution in [-0.2, 0) is 4.74 Å². The van der Waals surface area contributed by atoms with Crippen LogP contribution in [0.2, 0.25) is 0 Å². The molecule has 2 aliphatic rings. The van der Waals surface area contributed by atoms with Crippen molar-refractivity contribution in [2.45, 2.75) is 63.9 Å². The van der Waals surface area contributed by atoms with E-state index in [9.17, 15) is 0 Å². The van der Waals surface area contributed by atoms with Gasteiger partial charge in [0.1, 0.15) is 0 Å². The molecule has 1 aliphatic heterocycles. The second-order valence-corrected chi connectivity index (χ2v) is 5.64. The average Bonchev–Trinajstić information content (AvgIpc) is 2.81. The molecule has 1 saturated heterocycles. The molecule has 0 aromatic heterocycles. The number of alkyl halides is 1. The van der Waals surface area contributed by atoms with Crippen molar-refractivity contribution in [3.8, 4) is 0 Å². The van der Waals surface area contributed by atoms with E-state index in [1.165, 1.54) is 57.8 Å². The summed E-state index contributed by atoms with van der Waals surface area (Å²) in [4.78, 5) is 0. The summed E-state index contributed by atoms with van der Waals surface area (Å²) in [5, 5.41) is 0. The minimum atomic E-state index is 0.464. The summed E-state index contributed by atoms with van der Waals surface area (Å²) in [6, 6.07) is 0.